The van der Waals surface area contributed by atoms with Crippen LogP contribution in [-0.4, -0.2) is 16.6 Å². The van der Waals surface area contributed by atoms with Gasteiger partial charge in [-0.3, -0.25) is 19.7 Å². The maximum atomic E-state index is 13.2. The van der Waals surface area contributed by atoms with E-state index in [4.69, 9.17) is 0 Å². The molecule has 2 fully saturated rings. The summed E-state index contributed by atoms with van der Waals surface area (Å²) in [5, 5.41) is 14.2. The van der Waals surface area contributed by atoms with Gasteiger partial charge in [-0.2, -0.15) is 0 Å². The largest absolute Gasteiger partial charge is 0.320 e. The van der Waals surface area contributed by atoms with Gasteiger partial charge < -0.3 is 5.32 Å². The molecular formula is C19H24N2O4. The Morgan fingerprint density at radius 3 is 2.32 bits per heavy atom. The van der Waals surface area contributed by atoms with Crippen LogP contribution in [0.25, 0.3) is 0 Å². The standard InChI is InChI=1S/C19H24N2O4/c1-11-8-12(2)15(13(9-11)21(24)25)20-16(23)19-7-6-18(5,14(22)10-19)17(19,3)4/h8-9H,6-7,10H2,1-5H3,(H,20,23)/t18-,19+/m0/s1. The first-order valence-corrected chi connectivity index (χ1v) is 8.57. The number of carbonyl (C=O) groups excluding carboxylic acids is 2. The van der Waals surface area contributed by atoms with Crippen LogP contribution >= 0.6 is 0 Å². The Balaban J connectivity index is 2.03. The fourth-order valence-corrected chi connectivity index (χ4v) is 4.85. The Kier molecular flexibility index (Phi) is 3.61. The van der Waals surface area contributed by atoms with Crippen LogP contribution in [0.2, 0.25) is 0 Å². The lowest BCUT2D eigenvalue weighted by Gasteiger charge is -2.38. The number of hydrogen-bond donors (Lipinski definition) is 1. The van der Waals surface area contributed by atoms with Crippen LogP contribution in [0, 0.1) is 40.2 Å². The van der Waals surface area contributed by atoms with Crippen molar-refractivity contribution in [1.82, 2.24) is 0 Å². The number of ketones is 1. The third-order valence-electron chi connectivity index (χ3n) is 7.03. The van der Waals surface area contributed by atoms with E-state index in [1.54, 1.807) is 13.8 Å². The Labute approximate surface area is 147 Å². The number of fused-ring (bicyclic) bond motifs is 2. The molecule has 0 spiro atoms. The molecule has 0 aliphatic heterocycles. The van der Waals surface area contributed by atoms with Crippen LogP contribution in [-0.2, 0) is 9.59 Å². The van der Waals surface area contributed by atoms with Gasteiger partial charge in [0.15, 0.2) is 0 Å². The quantitative estimate of drug-likeness (QED) is 0.664. The molecule has 1 amide bonds. The van der Waals surface area contributed by atoms with E-state index in [0.29, 0.717) is 18.4 Å². The molecule has 134 valence electrons. The second-order valence-corrected chi connectivity index (χ2v) is 8.33. The molecule has 1 aromatic rings. The van der Waals surface area contributed by atoms with Crippen molar-refractivity contribution in [3.63, 3.8) is 0 Å². The predicted octanol–water partition coefficient (Wildman–Crippen LogP) is 3.94. The molecule has 1 N–H and O–H groups in total. The van der Waals surface area contributed by atoms with Gasteiger partial charge >= 0.3 is 0 Å². The van der Waals surface area contributed by atoms with Crippen molar-refractivity contribution in [3.05, 3.63) is 33.4 Å². The van der Waals surface area contributed by atoms with E-state index in [1.807, 2.05) is 26.8 Å². The molecule has 0 unspecified atom stereocenters. The highest BCUT2D eigenvalue weighted by Crippen LogP contribution is 2.70. The Morgan fingerprint density at radius 2 is 1.84 bits per heavy atom. The van der Waals surface area contributed by atoms with Crippen molar-refractivity contribution in [2.75, 3.05) is 5.32 Å². The summed E-state index contributed by atoms with van der Waals surface area (Å²) in [5.74, 6) is -0.156. The lowest BCUT2D eigenvalue weighted by atomic mass is 9.64. The first-order chi connectivity index (χ1) is 11.5. The number of hydrogen-bond acceptors (Lipinski definition) is 4. The van der Waals surface area contributed by atoms with Crippen molar-refractivity contribution >= 4 is 23.1 Å². The number of rotatable bonds is 3. The van der Waals surface area contributed by atoms with Crippen LogP contribution in [0.15, 0.2) is 12.1 Å². The molecule has 0 radical (unpaired) electrons. The summed E-state index contributed by atoms with van der Waals surface area (Å²) < 4.78 is 0. The molecule has 6 heteroatoms. The van der Waals surface area contributed by atoms with Crippen molar-refractivity contribution in [2.45, 2.75) is 53.9 Å². The number of nitro benzene ring substituents is 1. The third kappa shape index (κ3) is 2.09. The lowest BCUT2D eigenvalue weighted by Crippen LogP contribution is -2.43. The number of nitrogens with one attached hydrogen (secondary N) is 1. The number of aryl methyl sites for hydroxylation is 2. The fourth-order valence-electron chi connectivity index (χ4n) is 4.85. The zero-order valence-electron chi connectivity index (χ0n) is 15.4. The maximum absolute atomic E-state index is 13.2. The minimum atomic E-state index is -0.802. The zero-order chi connectivity index (χ0) is 18.8. The summed E-state index contributed by atoms with van der Waals surface area (Å²) in [4.78, 5) is 36.7. The number of benzene rings is 1. The number of anilines is 1. The highest BCUT2D eigenvalue weighted by molar-refractivity contribution is 6.05. The van der Waals surface area contributed by atoms with E-state index in [1.165, 1.54) is 6.07 Å². The van der Waals surface area contributed by atoms with Crippen molar-refractivity contribution < 1.29 is 14.5 Å². The molecule has 2 aliphatic rings. The van der Waals surface area contributed by atoms with Crippen LogP contribution in [0.3, 0.4) is 0 Å². The zero-order valence-corrected chi connectivity index (χ0v) is 15.4. The number of carbonyl (C=O) groups is 2. The molecule has 6 nitrogen and oxygen atoms in total. The third-order valence-corrected chi connectivity index (χ3v) is 7.03. The predicted molar refractivity (Wildman–Crippen MR) is 94.4 cm³/mol. The van der Waals surface area contributed by atoms with Gasteiger partial charge in [-0.05, 0) is 43.2 Å². The summed E-state index contributed by atoms with van der Waals surface area (Å²) in [7, 11) is 0. The molecule has 2 bridgehead atoms. The molecular weight excluding hydrogens is 320 g/mol. The van der Waals surface area contributed by atoms with E-state index >= 15 is 0 Å². The Bertz CT molecular complexity index is 814. The summed E-state index contributed by atoms with van der Waals surface area (Å²) in [6.45, 7) is 9.42. The van der Waals surface area contributed by atoms with Gasteiger partial charge in [0.2, 0.25) is 5.91 Å². The summed E-state index contributed by atoms with van der Waals surface area (Å²) in [5.41, 5.74) is -0.231. The summed E-state index contributed by atoms with van der Waals surface area (Å²) in [6, 6.07) is 3.27. The van der Waals surface area contributed by atoms with E-state index in [0.717, 1.165) is 5.56 Å². The molecule has 2 aliphatic carbocycles. The molecule has 1 aromatic carbocycles. The van der Waals surface area contributed by atoms with Crippen LogP contribution in [0.4, 0.5) is 11.4 Å². The first-order valence-electron chi connectivity index (χ1n) is 8.57. The molecule has 25 heavy (non-hydrogen) atoms. The minimum absolute atomic E-state index is 0.106. The second-order valence-electron chi connectivity index (χ2n) is 8.33. The van der Waals surface area contributed by atoms with E-state index in [9.17, 15) is 19.7 Å². The van der Waals surface area contributed by atoms with Gasteiger partial charge in [0.25, 0.3) is 5.69 Å². The van der Waals surface area contributed by atoms with Gasteiger partial charge in [0.05, 0.1) is 10.3 Å². The van der Waals surface area contributed by atoms with Gasteiger partial charge in [-0.25, -0.2) is 0 Å². The lowest BCUT2D eigenvalue weighted by molar-refractivity contribution is -0.384. The smallest absolute Gasteiger partial charge is 0.293 e. The Morgan fingerprint density at radius 1 is 1.20 bits per heavy atom. The van der Waals surface area contributed by atoms with Crippen molar-refractivity contribution in [3.8, 4) is 0 Å². The Hall–Kier alpha value is -2.24. The highest BCUT2D eigenvalue weighted by Gasteiger charge is 2.72. The molecule has 0 aromatic heterocycles. The SMILES string of the molecule is Cc1cc(C)c(NC(=O)[C@@]23CC[C@@](C)(C(=O)C2)C3(C)C)c([N+](=O)[O-])c1. The molecule has 0 saturated heterocycles. The number of amides is 1. The van der Waals surface area contributed by atoms with Crippen molar-refractivity contribution in [1.29, 1.82) is 0 Å². The fraction of sp³-hybridized carbons (Fsp3) is 0.579. The van der Waals surface area contributed by atoms with E-state index < -0.39 is 21.2 Å². The van der Waals surface area contributed by atoms with Gasteiger partial charge in [-0.15, -0.1) is 0 Å². The van der Waals surface area contributed by atoms with Crippen LogP contribution < -0.4 is 5.32 Å². The maximum Gasteiger partial charge on any atom is 0.293 e. The molecule has 3 rings (SSSR count). The van der Waals surface area contributed by atoms with Crippen molar-refractivity contribution in [2.24, 2.45) is 16.2 Å². The summed E-state index contributed by atoms with van der Waals surface area (Å²) >= 11 is 0. The van der Waals surface area contributed by atoms with Gasteiger partial charge in [-0.1, -0.05) is 26.8 Å². The number of Topliss-reactive ketones (excluding diaryl/α,β-unsaturated/α-hetero) is 1. The molecule has 2 atom stereocenters. The molecule has 2 saturated carbocycles. The number of nitrogens with zero attached hydrogens (tertiary/aromatic N) is 1. The normalized spacial score (nSPS) is 29.7. The highest BCUT2D eigenvalue weighted by atomic mass is 16.6. The van der Waals surface area contributed by atoms with Crippen LogP contribution in [0.5, 0.6) is 0 Å². The van der Waals surface area contributed by atoms with Gasteiger partial charge in [0, 0.05) is 17.9 Å². The average molecular weight is 344 g/mol. The topological polar surface area (TPSA) is 89.3 Å². The average Bonchev–Trinajstić information content (AvgIpc) is 2.79. The second kappa shape index (κ2) is 5.13. The minimum Gasteiger partial charge on any atom is -0.320 e. The first kappa shape index (κ1) is 17.6. The van der Waals surface area contributed by atoms with E-state index in [2.05, 4.69) is 5.32 Å². The molecule has 0 heterocycles. The number of nitro groups is 1. The van der Waals surface area contributed by atoms with E-state index in [-0.39, 0.29) is 29.5 Å². The summed E-state index contributed by atoms with van der Waals surface area (Å²) in [6.07, 6.45) is 1.52. The monoisotopic (exact) mass is 344 g/mol. The van der Waals surface area contributed by atoms with Crippen LogP contribution in [0.1, 0.15) is 51.2 Å². The van der Waals surface area contributed by atoms with Gasteiger partial charge in [0.1, 0.15) is 11.5 Å².